The number of nitrogens with two attached hydrogens (primary N) is 1. The predicted octanol–water partition coefficient (Wildman–Crippen LogP) is 2.99. The highest BCUT2D eigenvalue weighted by atomic mass is 79.9. The molecule has 3 N–H and O–H groups in total. The largest absolute Gasteiger partial charge is 0.396 e. The summed E-state index contributed by atoms with van der Waals surface area (Å²) in [5.74, 6) is 0. The SMILES string of the molecule is CCC(N)C(c1ccc(Br)s1)N(CC)CCCO. The molecule has 0 saturated carbocycles. The van der Waals surface area contributed by atoms with Crippen LogP contribution in [0.15, 0.2) is 15.9 Å². The topological polar surface area (TPSA) is 49.5 Å². The fraction of sp³-hybridized carbons (Fsp3) is 0.692. The number of likely N-dealkylation sites (N-methyl/N-ethyl adjacent to an activating group) is 1. The minimum Gasteiger partial charge on any atom is -0.396 e. The standard InChI is InChI=1S/C13H23BrN2OS/c1-3-10(15)13(11-6-7-12(14)18-11)16(4-2)8-5-9-17/h6-7,10,13,17H,3-5,8-9,15H2,1-2H3. The number of aliphatic hydroxyl groups is 1. The van der Waals surface area contributed by atoms with Crippen LogP contribution < -0.4 is 5.73 Å². The van der Waals surface area contributed by atoms with Gasteiger partial charge < -0.3 is 10.8 Å². The van der Waals surface area contributed by atoms with Gasteiger partial charge in [0.25, 0.3) is 0 Å². The van der Waals surface area contributed by atoms with E-state index in [9.17, 15) is 0 Å². The van der Waals surface area contributed by atoms with E-state index in [0.717, 1.165) is 29.7 Å². The molecular weight excluding hydrogens is 312 g/mol. The van der Waals surface area contributed by atoms with E-state index in [1.807, 2.05) is 0 Å². The van der Waals surface area contributed by atoms with Crippen molar-refractivity contribution in [2.45, 2.75) is 38.8 Å². The van der Waals surface area contributed by atoms with E-state index < -0.39 is 0 Å². The van der Waals surface area contributed by atoms with Crippen molar-refractivity contribution in [2.75, 3.05) is 19.7 Å². The maximum atomic E-state index is 9.00. The van der Waals surface area contributed by atoms with E-state index in [-0.39, 0.29) is 18.7 Å². The summed E-state index contributed by atoms with van der Waals surface area (Å²) in [7, 11) is 0. The second-order valence-corrected chi connectivity index (χ2v) is 6.86. The number of thiophene rings is 1. The van der Waals surface area contributed by atoms with Gasteiger partial charge in [-0.2, -0.15) is 0 Å². The molecule has 0 aliphatic rings. The molecule has 0 aliphatic carbocycles. The summed E-state index contributed by atoms with van der Waals surface area (Å²) in [6.07, 6.45) is 1.75. The van der Waals surface area contributed by atoms with Gasteiger partial charge in [-0.05, 0) is 47.4 Å². The highest BCUT2D eigenvalue weighted by molar-refractivity contribution is 9.11. The number of hydrogen-bond donors (Lipinski definition) is 2. The molecule has 18 heavy (non-hydrogen) atoms. The molecule has 1 aromatic heterocycles. The zero-order valence-corrected chi connectivity index (χ0v) is 13.5. The van der Waals surface area contributed by atoms with Crippen LogP contribution in [0.1, 0.15) is 37.6 Å². The molecule has 0 aliphatic heterocycles. The normalized spacial score (nSPS) is 15.0. The highest BCUT2D eigenvalue weighted by Gasteiger charge is 2.25. The van der Waals surface area contributed by atoms with Crippen molar-refractivity contribution >= 4 is 27.3 Å². The minimum absolute atomic E-state index is 0.134. The molecule has 3 nitrogen and oxygen atoms in total. The molecule has 0 aromatic carbocycles. The maximum Gasteiger partial charge on any atom is 0.0702 e. The molecule has 0 bridgehead atoms. The summed E-state index contributed by atoms with van der Waals surface area (Å²) in [5.41, 5.74) is 6.29. The molecule has 5 heteroatoms. The van der Waals surface area contributed by atoms with Crippen molar-refractivity contribution in [3.05, 3.63) is 20.8 Å². The fourth-order valence-corrected chi connectivity index (χ4v) is 3.77. The Morgan fingerprint density at radius 3 is 2.61 bits per heavy atom. The van der Waals surface area contributed by atoms with Crippen molar-refractivity contribution in [1.29, 1.82) is 0 Å². The average molecular weight is 335 g/mol. The average Bonchev–Trinajstić information content (AvgIpc) is 2.79. The third-order valence-electron chi connectivity index (χ3n) is 3.17. The van der Waals surface area contributed by atoms with Crippen molar-refractivity contribution in [3.63, 3.8) is 0 Å². The van der Waals surface area contributed by atoms with Crippen molar-refractivity contribution in [2.24, 2.45) is 5.73 Å². The Labute approximate surface area is 122 Å². The molecular formula is C13H23BrN2OS. The Morgan fingerprint density at radius 2 is 2.17 bits per heavy atom. The van der Waals surface area contributed by atoms with Crippen LogP contribution in [0.5, 0.6) is 0 Å². The Hall–Kier alpha value is 0.0600. The van der Waals surface area contributed by atoms with Gasteiger partial charge in [0.2, 0.25) is 0 Å². The zero-order chi connectivity index (χ0) is 13.5. The summed E-state index contributed by atoms with van der Waals surface area (Å²) in [5, 5.41) is 9.00. The fourth-order valence-electron chi connectivity index (χ4n) is 2.14. The monoisotopic (exact) mass is 334 g/mol. The van der Waals surface area contributed by atoms with Crippen LogP contribution in [0.3, 0.4) is 0 Å². The van der Waals surface area contributed by atoms with E-state index in [2.05, 4.69) is 46.8 Å². The summed E-state index contributed by atoms with van der Waals surface area (Å²) < 4.78 is 1.14. The van der Waals surface area contributed by atoms with Crippen molar-refractivity contribution < 1.29 is 5.11 Å². The van der Waals surface area contributed by atoms with E-state index in [4.69, 9.17) is 10.8 Å². The summed E-state index contributed by atoms with van der Waals surface area (Å²) in [6.45, 7) is 6.35. The molecule has 0 fully saturated rings. The van der Waals surface area contributed by atoms with Crippen LogP contribution in [-0.2, 0) is 0 Å². The van der Waals surface area contributed by atoms with E-state index in [1.165, 1.54) is 4.88 Å². The second kappa shape index (κ2) is 8.27. The molecule has 0 radical (unpaired) electrons. The van der Waals surface area contributed by atoms with Gasteiger partial charge in [0.05, 0.1) is 9.83 Å². The Balaban J connectivity index is 2.88. The number of aliphatic hydroxyl groups excluding tert-OH is 1. The first-order valence-electron chi connectivity index (χ1n) is 6.49. The van der Waals surface area contributed by atoms with Gasteiger partial charge in [-0.3, -0.25) is 4.90 Å². The van der Waals surface area contributed by atoms with Gasteiger partial charge in [0.1, 0.15) is 0 Å². The summed E-state index contributed by atoms with van der Waals surface area (Å²) in [4.78, 5) is 3.67. The number of halogens is 1. The maximum absolute atomic E-state index is 9.00. The zero-order valence-electron chi connectivity index (χ0n) is 11.1. The molecule has 1 aromatic rings. The van der Waals surface area contributed by atoms with Gasteiger partial charge in [0.15, 0.2) is 0 Å². The molecule has 104 valence electrons. The Morgan fingerprint density at radius 1 is 1.44 bits per heavy atom. The van der Waals surface area contributed by atoms with Crippen LogP contribution >= 0.6 is 27.3 Å². The van der Waals surface area contributed by atoms with E-state index in [0.29, 0.717) is 0 Å². The van der Waals surface area contributed by atoms with Gasteiger partial charge in [-0.25, -0.2) is 0 Å². The quantitative estimate of drug-likeness (QED) is 0.768. The third kappa shape index (κ3) is 4.31. The van der Waals surface area contributed by atoms with Gasteiger partial charge in [0, 0.05) is 24.1 Å². The second-order valence-electron chi connectivity index (χ2n) is 4.36. The van der Waals surface area contributed by atoms with Crippen LogP contribution in [0, 0.1) is 0 Å². The summed E-state index contributed by atoms with van der Waals surface area (Å²) in [6, 6.07) is 4.61. The van der Waals surface area contributed by atoms with Gasteiger partial charge >= 0.3 is 0 Å². The Kier molecular flexibility index (Phi) is 7.41. The molecule has 2 unspecified atom stereocenters. The Bertz CT molecular complexity index is 345. The molecule has 0 saturated heterocycles. The van der Waals surface area contributed by atoms with Crippen molar-refractivity contribution in [3.8, 4) is 0 Å². The first kappa shape index (κ1) is 16.1. The molecule has 0 spiro atoms. The molecule has 1 heterocycles. The third-order valence-corrected chi connectivity index (χ3v) is 4.86. The highest BCUT2D eigenvalue weighted by Crippen LogP contribution is 2.33. The van der Waals surface area contributed by atoms with Crippen LogP contribution in [-0.4, -0.2) is 35.7 Å². The van der Waals surface area contributed by atoms with Gasteiger partial charge in [-0.1, -0.05) is 13.8 Å². The van der Waals surface area contributed by atoms with Crippen LogP contribution in [0.4, 0.5) is 0 Å². The van der Waals surface area contributed by atoms with E-state index >= 15 is 0 Å². The van der Waals surface area contributed by atoms with Crippen LogP contribution in [0.25, 0.3) is 0 Å². The molecule has 2 atom stereocenters. The minimum atomic E-state index is 0.134. The molecule has 1 rings (SSSR count). The number of rotatable bonds is 8. The summed E-state index contributed by atoms with van der Waals surface area (Å²) >= 11 is 5.26. The lowest BCUT2D eigenvalue weighted by Crippen LogP contribution is -2.41. The van der Waals surface area contributed by atoms with Crippen LogP contribution in [0.2, 0.25) is 0 Å². The van der Waals surface area contributed by atoms with Gasteiger partial charge in [-0.15, -0.1) is 11.3 Å². The van der Waals surface area contributed by atoms with Crippen molar-refractivity contribution in [1.82, 2.24) is 4.90 Å². The predicted molar refractivity (Wildman–Crippen MR) is 82.0 cm³/mol. The van der Waals surface area contributed by atoms with E-state index in [1.54, 1.807) is 11.3 Å². The smallest absolute Gasteiger partial charge is 0.0702 e. The lowest BCUT2D eigenvalue weighted by Gasteiger charge is -2.33. The lowest BCUT2D eigenvalue weighted by molar-refractivity contribution is 0.162. The molecule has 0 amide bonds. The first-order valence-corrected chi connectivity index (χ1v) is 8.10. The lowest BCUT2D eigenvalue weighted by atomic mass is 10.0. The first-order chi connectivity index (χ1) is 8.63. The number of hydrogen-bond acceptors (Lipinski definition) is 4. The number of nitrogens with zero attached hydrogens (tertiary/aromatic N) is 1.